The van der Waals surface area contributed by atoms with E-state index >= 15 is 0 Å². The molecule has 0 spiro atoms. The second-order valence-corrected chi connectivity index (χ2v) is 6.84. The Morgan fingerprint density at radius 2 is 1.83 bits per heavy atom. The summed E-state index contributed by atoms with van der Waals surface area (Å²) < 4.78 is 0. The molecule has 3 aliphatic carbocycles. The number of rotatable bonds is 3. The van der Waals surface area contributed by atoms with E-state index in [1.807, 2.05) is 24.3 Å². The molecule has 1 N–H and O–H groups in total. The zero-order valence-corrected chi connectivity index (χ0v) is 11.2. The number of hydrogen-bond acceptors (Lipinski definition) is 1. The van der Waals surface area contributed by atoms with Gasteiger partial charge in [-0.15, -0.1) is 0 Å². The molecule has 0 amide bonds. The molecule has 5 unspecified atom stereocenters. The number of aliphatic hydroxyl groups excluding tert-OH is 1. The maximum atomic E-state index is 10.5. The Labute approximate surface area is 113 Å². The van der Waals surface area contributed by atoms with Crippen LogP contribution in [0.15, 0.2) is 24.3 Å². The first-order chi connectivity index (χ1) is 8.75. The van der Waals surface area contributed by atoms with E-state index in [1.54, 1.807) is 0 Å². The Hall–Kier alpha value is -0.530. The molecule has 4 rings (SSSR count). The Morgan fingerprint density at radius 3 is 2.50 bits per heavy atom. The fraction of sp³-hybridized carbons (Fsp3) is 0.625. The van der Waals surface area contributed by atoms with Crippen molar-refractivity contribution in [3.63, 3.8) is 0 Å². The molecule has 3 fully saturated rings. The summed E-state index contributed by atoms with van der Waals surface area (Å²) in [6.07, 6.45) is 4.84. The van der Waals surface area contributed by atoms with Gasteiger partial charge in [0, 0.05) is 11.4 Å². The second kappa shape index (κ2) is 3.98. The molecule has 2 heteroatoms. The highest BCUT2D eigenvalue weighted by molar-refractivity contribution is 6.31. The predicted molar refractivity (Wildman–Crippen MR) is 72.5 cm³/mol. The maximum absolute atomic E-state index is 10.5. The minimum atomic E-state index is -0.178. The third kappa shape index (κ3) is 1.57. The second-order valence-electron chi connectivity index (χ2n) is 6.43. The highest BCUT2D eigenvalue weighted by Crippen LogP contribution is 2.70. The number of benzene rings is 1. The Bertz CT molecular complexity index is 456. The normalized spacial score (nSPS) is 41.8. The molecular formula is C16H19ClO. The van der Waals surface area contributed by atoms with E-state index in [9.17, 15) is 5.11 Å². The van der Waals surface area contributed by atoms with Crippen molar-refractivity contribution in [2.24, 2.45) is 29.6 Å². The van der Waals surface area contributed by atoms with Crippen LogP contribution in [-0.2, 0) is 6.42 Å². The average Bonchev–Trinajstić information content (AvgIpc) is 2.82. The van der Waals surface area contributed by atoms with E-state index < -0.39 is 0 Å². The minimum absolute atomic E-state index is 0.178. The van der Waals surface area contributed by atoms with Gasteiger partial charge in [-0.3, -0.25) is 0 Å². The number of fused-ring (bicyclic) bond motifs is 5. The van der Waals surface area contributed by atoms with Crippen molar-refractivity contribution in [2.45, 2.75) is 31.8 Å². The summed E-state index contributed by atoms with van der Waals surface area (Å²) in [6.45, 7) is 0. The molecular weight excluding hydrogens is 244 g/mol. The molecule has 0 heterocycles. The molecule has 18 heavy (non-hydrogen) atoms. The molecule has 96 valence electrons. The first-order valence-electron chi connectivity index (χ1n) is 7.17. The van der Waals surface area contributed by atoms with Gasteiger partial charge in [-0.2, -0.15) is 0 Å². The SMILES string of the molecule is OC(Cc1ccccc1Cl)C1C2C3CCC(C3)C12. The summed E-state index contributed by atoms with van der Waals surface area (Å²) in [5.74, 6) is 4.15. The van der Waals surface area contributed by atoms with Crippen molar-refractivity contribution < 1.29 is 5.11 Å². The van der Waals surface area contributed by atoms with Crippen LogP contribution < -0.4 is 0 Å². The van der Waals surface area contributed by atoms with Gasteiger partial charge < -0.3 is 5.11 Å². The van der Waals surface area contributed by atoms with Crippen LogP contribution in [0.3, 0.4) is 0 Å². The van der Waals surface area contributed by atoms with Crippen LogP contribution >= 0.6 is 11.6 Å². The van der Waals surface area contributed by atoms with Gasteiger partial charge in [0.25, 0.3) is 0 Å². The quantitative estimate of drug-likeness (QED) is 0.884. The average molecular weight is 263 g/mol. The smallest absolute Gasteiger partial charge is 0.0614 e. The van der Waals surface area contributed by atoms with Crippen LogP contribution in [0, 0.1) is 29.6 Å². The van der Waals surface area contributed by atoms with Crippen molar-refractivity contribution in [3.8, 4) is 0 Å². The molecule has 5 atom stereocenters. The molecule has 3 aliphatic rings. The van der Waals surface area contributed by atoms with Crippen LogP contribution in [0.25, 0.3) is 0 Å². The summed E-state index contributed by atoms with van der Waals surface area (Å²) in [4.78, 5) is 0. The van der Waals surface area contributed by atoms with Gasteiger partial charge in [0.15, 0.2) is 0 Å². The molecule has 1 aromatic rings. The van der Waals surface area contributed by atoms with Crippen LogP contribution in [0.4, 0.5) is 0 Å². The summed E-state index contributed by atoms with van der Waals surface area (Å²) in [6, 6.07) is 7.91. The standard InChI is InChI=1S/C16H19ClO/c17-12-4-2-1-3-9(12)8-13(18)16-14-10-5-6-11(7-10)15(14)16/h1-4,10-11,13-16,18H,5-8H2. The minimum Gasteiger partial charge on any atom is -0.392 e. The van der Waals surface area contributed by atoms with Crippen molar-refractivity contribution in [3.05, 3.63) is 34.9 Å². The van der Waals surface area contributed by atoms with E-state index in [2.05, 4.69) is 0 Å². The van der Waals surface area contributed by atoms with E-state index in [-0.39, 0.29) is 6.10 Å². The number of halogens is 1. The summed E-state index contributed by atoms with van der Waals surface area (Å²) in [5, 5.41) is 11.3. The van der Waals surface area contributed by atoms with Crippen molar-refractivity contribution in [1.82, 2.24) is 0 Å². The molecule has 0 aliphatic heterocycles. The zero-order chi connectivity index (χ0) is 12.3. The van der Waals surface area contributed by atoms with Crippen molar-refractivity contribution >= 4 is 11.6 Å². The molecule has 3 saturated carbocycles. The molecule has 0 saturated heterocycles. The van der Waals surface area contributed by atoms with E-state index in [4.69, 9.17) is 11.6 Å². The molecule has 1 aromatic carbocycles. The van der Waals surface area contributed by atoms with Gasteiger partial charge in [-0.05, 0) is 60.5 Å². The largest absolute Gasteiger partial charge is 0.392 e. The molecule has 2 bridgehead atoms. The topological polar surface area (TPSA) is 20.2 Å². The fourth-order valence-corrected chi connectivity index (χ4v) is 5.15. The summed E-state index contributed by atoms with van der Waals surface area (Å²) >= 11 is 6.17. The lowest BCUT2D eigenvalue weighted by Gasteiger charge is -2.15. The summed E-state index contributed by atoms with van der Waals surface area (Å²) in [5.41, 5.74) is 1.10. The molecule has 1 nitrogen and oxygen atoms in total. The van der Waals surface area contributed by atoms with Crippen LogP contribution in [0.2, 0.25) is 5.02 Å². The van der Waals surface area contributed by atoms with Crippen LogP contribution in [0.5, 0.6) is 0 Å². The third-order valence-electron chi connectivity index (χ3n) is 5.63. The molecule has 0 aromatic heterocycles. The fourth-order valence-electron chi connectivity index (χ4n) is 4.93. The van der Waals surface area contributed by atoms with Gasteiger partial charge in [0.1, 0.15) is 0 Å². The first-order valence-corrected chi connectivity index (χ1v) is 7.55. The predicted octanol–water partition coefficient (Wildman–Crippen LogP) is 3.54. The lowest BCUT2D eigenvalue weighted by Crippen LogP contribution is -2.18. The van der Waals surface area contributed by atoms with Gasteiger partial charge in [-0.1, -0.05) is 29.8 Å². The van der Waals surface area contributed by atoms with Crippen LogP contribution in [-0.4, -0.2) is 11.2 Å². The van der Waals surface area contributed by atoms with E-state index in [0.717, 1.165) is 40.7 Å². The third-order valence-corrected chi connectivity index (χ3v) is 5.99. The van der Waals surface area contributed by atoms with E-state index in [1.165, 1.54) is 19.3 Å². The highest BCUT2D eigenvalue weighted by atomic mass is 35.5. The van der Waals surface area contributed by atoms with Crippen molar-refractivity contribution in [2.75, 3.05) is 0 Å². The highest BCUT2D eigenvalue weighted by Gasteiger charge is 2.66. The van der Waals surface area contributed by atoms with Crippen molar-refractivity contribution in [1.29, 1.82) is 0 Å². The first kappa shape index (κ1) is 11.3. The lowest BCUT2D eigenvalue weighted by molar-refractivity contribution is 0.129. The Balaban J connectivity index is 1.47. The molecule has 0 radical (unpaired) electrons. The lowest BCUT2D eigenvalue weighted by atomic mass is 9.95. The number of aliphatic hydroxyl groups is 1. The Kier molecular flexibility index (Phi) is 2.50. The zero-order valence-electron chi connectivity index (χ0n) is 10.4. The van der Waals surface area contributed by atoms with Gasteiger partial charge in [0.05, 0.1) is 6.10 Å². The van der Waals surface area contributed by atoms with E-state index in [0.29, 0.717) is 5.92 Å². The van der Waals surface area contributed by atoms with Gasteiger partial charge >= 0.3 is 0 Å². The van der Waals surface area contributed by atoms with Gasteiger partial charge in [0.2, 0.25) is 0 Å². The number of hydrogen-bond donors (Lipinski definition) is 1. The summed E-state index contributed by atoms with van der Waals surface area (Å²) in [7, 11) is 0. The Morgan fingerprint density at radius 1 is 1.17 bits per heavy atom. The van der Waals surface area contributed by atoms with Gasteiger partial charge in [-0.25, -0.2) is 0 Å². The maximum Gasteiger partial charge on any atom is 0.0614 e. The monoisotopic (exact) mass is 262 g/mol. The van der Waals surface area contributed by atoms with Crippen LogP contribution in [0.1, 0.15) is 24.8 Å².